The van der Waals surface area contributed by atoms with Crippen molar-refractivity contribution in [1.29, 1.82) is 0 Å². The van der Waals surface area contributed by atoms with Gasteiger partial charge in [0.05, 0.1) is 6.04 Å². The van der Waals surface area contributed by atoms with E-state index in [1.807, 2.05) is 103 Å². The first kappa shape index (κ1) is 21.2. The minimum atomic E-state index is -0.404. The van der Waals surface area contributed by atoms with Crippen molar-refractivity contribution < 1.29 is 9.59 Å². The highest BCUT2D eigenvalue weighted by Crippen LogP contribution is 2.38. The van der Waals surface area contributed by atoms with E-state index in [4.69, 9.17) is 0 Å². The average molecular weight is 497 g/mol. The molecule has 0 saturated heterocycles. The number of nitrogens with one attached hydrogen (secondary N) is 1. The van der Waals surface area contributed by atoms with Gasteiger partial charge in [-0.3, -0.25) is 9.59 Å². The molecule has 1 atom stereocenters. The second-order valence-electron chi connectivity index (χ2n) is 7.97. The van der Waals surface area contributed by atoms with Crippen LogP contribution in [0.1, 0.15) is 27.5 Å². The third-order valence-corrected chi connectivity index (χ3v) is 6.32. The molecule has 4 nitrogen and oxygen atoms in total. The molecule has 1 N–H and O–H groups in total. The minimum absolute atomic E-state index is 0.0366. The van der Waals surface area contributed by atoms with Crippen molar-refractivity contribution in [2.45, 2.75) is 6.04 Å². The third-order valence-electron chi connectivity index (χ3n) is 5.82. The first-order chi connectivity index (χ1) is 16.1. The number of hydrogen-bond acceptors (Lipinski definition) is 2. The van der Waals surface area contributed by atoms with Gasteiger partial charge in [-0.25, -0.2) is 0 Å². The summed E-state index contributed by atoms with van der Waals surface area (Å²) in [5, 5.41) is 2.96. The normalized spacial score (nSPS) is 15.4. The lowest BCUT2D eigenvalue weighted by Gasteiger charge is -2.31. The number of carbonyl (C=O) groups is 2. The van der Waals surface area contributed by atoms with E-state index in [0.29, 0.717) is 11.3 Å². The predicted molar refractivity (Wildman–Crippen MR) is 134 cm³/mol. The monoisotopic (exact) mass is 496 g/mol. The van der Waals surface area contributed by atoms with Crippen LogP contribution in [0.3, 0.4) is 0 Å². The fourth-order valence-corrected chi connectivity index (χ4v) is 4.64. The molecule has 0 bridgehead atoms. The molecule has 0 aliphatic carbocycles. The van der Waals surface area contributed by atoms with Crippen LogP contribution in [0.4, 0.5) is 5.69 Å². The number of benzene rings is 4. The van der Waals surface area contributed by atoms with Crippen LogP contribution in [0.2, 0.25) is 0 Å². The Kier molecular flexibility index (Phi) is 5.80. The van der Waals surface area contributed by atoms with Crippen molar-refractivity contribution in [3.05, 3.63) is 124 Å². The lowest BCUT2D eigenvalue weighted by atomic mass is 9.95. The maximum absolute atomic E-state index is 13.8. The summed E-state index contributed by atoms with van der Waals surface area (Å²) in [4.78, 5) is 28.2. The Balaban J connectivity index is 1.57. The van der Waals surface area contributed by atoms with E-state index in [9.17, 15) is 9.59 Å². The molecule has 1 unspecified atom stereocenters. The summed E-state index contributed by atoms with van der Waals surface area (Å²) in [7, 11) is 0. The standard InChI is InChI=1S/C28H21BrN2O2/c29-23-15-16-25-24(17-23)27(21-9-5-2-6-10-21)31(18-26(32)30-25)28(33)22-13-11-20(12-14-22)19-7-3-1-4-8-19/h1-17,27H,18H2,(H,30,32). The fraction of sp³-hybridized carbons (Fsp3) is 0.0714. The molecule has 1 aliphatic heterocycles. The van der Waals surface area contributed by atoms with E-state index in [2.05, 4.69) is 21.2 Å². The van der Waals surface area contributed by atoms with Crippen molar-refractivity contribution >= 4 is 33.4 Å². The van der Waals surface area contributed by atoms with Gasteiger partial charge in [-0.15, -0.1) is 0 Å². The second kappa shape index (κ2) is 9.04. The highest BCUT2D eigenvalue weighted by atomic mass is 79.9. The van der Waals surface area contributed by atoms with E-state index in [0.717, 1.165) is 26.7 Å². The highest BCUT2D eigenvalue weighted by molar-refractivity contribution is 9.10. The van der Waals surface area contributed by atoms with Gasteiger partial charge >= 0.3 is 0 Å². The van der Waals surface area contributed by atoms with Crippen molar-refractivity contribution in [2.24, 2.45) is 0 Å². The molecule has 0 aromatic heterocycles. The van der Waals surface area contributed by atoms with Crippen LogP contribution in [0.15, 0.2) is 108 Å². The number of nitrogens with zero attached hydrogens (tertiary/aromatic N) is 1. The fourth-order valence-electron chi connectivity index (χ4n) is 4.26. The molecular weight excluding hydrogens is 476 g/mol. The minimum Gasteiger partial charge on any atom is -0.324 e. The summed E-state index contributed by atoms with van der Waals surface area (Å²) < 4.78 is 0.887. The number of carbonyl (C=O) groups excluding carboxylic acids is 2. The van der Waals surface area contributed by atoms with Gasteiger partial charge in [0.2, 0.25) is 5.91 Å². The van der Waals surface area contributed by atoms with Gasteiger partial charge < -0.3 is 10.2 Å². The van der Waals surface area contributed by atoms with E-state index in [1.54, 1.807) is 4.90 Å². The van der Waals surface area contributed by atoms with Crippen LogP contribution < -0.4 is 5.32 Å². The Bertz CT molecular complexity index is 1310. The maximum atomic E-state index is 13.8. The summed E-state index contributed by atoms with van der Waals surface area (Å²) in [6.07, 6.45) is 0. The van der Waals surface area contributed by atoms with E-state index >= 15 is 0 Å². The zero-order valence-electron chi connectivity index (χ0n) is 17.7. The number of halogens is 1. The average Bonchev–Trinajstić information content (AvgIpc) is 3.00. The van der Waals surface area contributed by atoms with E-state index < -0.39 is 6.04 Å². The predicted octanol–water partition coefficient (Wildman–Crippen LogP) is 6.30. The lowest BCUT2D eigenvalue weighted by molar-refractivity contribution is -0.117. The zero-order chi connectivity index (χ0) is 22.8. The summed E-state index contributed by atoms with van der Waals surface area (Å²) in [5.74, 6) is -0.405. The largest absolute Gasteiger partial charge is 0.324 e. The number of amides is 2. The summed E-state index contributed by atoms with van der Waals surface area (Å²) >= 11 is 3.55. The molecule has 0 fully saturated rings. The quantitative estimate of drug-likeness (QED) is 0.361. The van der Waals surface area contributed by atoms with Crippen molar-refractivity contribution in [3.8, 4) is 11.1 Å². The zero-order valence-corrected chi connectivity index (χ0v) is 19.3. The van der Waals surface area contributed by atoms with Crippen molar-refractivity contribution in [1.82, 2.24) is 4.90 Å². The van der Waals surface area contributed by atoms with Gasteiger partial charge in [-0.2, -0.15) is 0 Å². The van der Waals surface area contributed by atoms with Crippen LogP contribution >= 0.6 is 15.9 Å². The van der Waals surface area contributed by atoms with Gasteiger partial charge in [0.1, 0.15) is 6.54 Å². The van der Waals surface area contributed by atoms with E-state index in [1.165, 1.54) is 0 Å². The van der Waals surface area contributed by atoms with Gasteiger partial charge in [0.15, 0.2) is 0 Å². The third kappa shape index (κ3) is 4.32. The Morgan fingerprint density at radius 1 is 0.818 bits per heavy atom. The number of anilines is 1. The Morgan fingerprint density at radius 3 is 2.15 bits per heavy atom. The molecule has 1 heterocycles. The second-order valence-corrected chi connectivity index (χ2v) is 8.89. The lowest BCUT2D eigenvalue weighted by Crippen LogP contribution is -2.39. The molecule has 4 aromatic carbocycles. The maximum Gasteiger partial charge on any atom is 0.255 e. The first-order valence-corrected chi connectivity index (χ1v) is 11.5. The number of rotatable bonds is 3. The molecule has 4 aromatic rings. The van der Waals surface area contributed by atoms with Crippen LogP contribution in [-0.2, 0) is 4.79 Å². The molecule has 1 aliphatic rings. The highest BCUT2D eigenvalue weighted by Gasteiger charge is 2.34. The van der Waals surface area contributed by atoms with E-state index in [-0.39, 0.29) is 18.4 Å². The molecule has 0 spiro atoms. The summed E-state index contributed by atoms with van der Waals surface area (Å²) in [6.45, 7) is -0.0366. The van der Waals surface area contributed by atoms with Crippen LogP contribution in [-0.4, -0.2) is 23.3 Å². The molecule has 0 radical (unpaired) electrons. The van der Waals surface area contributed by atoms with Gasteiger partial charge in [0, 0.05) is 21.3 Å². The van der Waals surface area contributed by atoms with Crippen LogP contribution in [0, 0.1) is 0 Å². The SMILES string of the molecule is O=C1CN(C(=O)c2ccc(-c3ccccc3)cc2)C(c2ccccc2)c2cc(Br)ccc2N1. The van der Waals surface area contributed by atoms with Gasteiger partial charge in [-0.05, 0) is 47.0 Å². The Hall–Kier alpha value is -3.70. The Morgan fingerprint density at radius 2 is 1.45 bits per heavy atom. The molecule has 33 heavy (non-hydrogen) atoms. The molecule has 162 valence electrons. The Labute approximate surface area is 201 Å². The molecule has 5 rings (SSSR count). The molecular formula is C28H21BrN2O2. The van der Waals surface area contributed by atoms with Crippen molar-refractivity contribution in [2.75, 3.05) is 11.9 Å². The molecule has 5 heteroatoms. The molecule has 0 saturated carbocycles. The smallest absolute Gasteiger partial charge is 0.255 e. The number of hydrogen-bond donors (Lipinski definition) is 1. The summed E-state index contributed by atoms with van der Waals surface area (Å²) in [6, 6.07) is 32.7. The summed E-state index contributed by atoms with van der Waals surface area (Å²) in [5.41, 5.74) is 5.20. The van der Waals surface area contributed by atoms with Crippen LogP contribution in [0.25, 0.3) is 11.1 Å². The molecule has 2 amide bonds. The van der Waals surface area contributed by atoms with Crippen molar-refractivity contribution in [3.63, 3.8) is 0 Å². The first-order valence-electron chi connectivity index (χ1n) is 10.7. The van der Waals surface area contributed by atoms with Gasteiger partial charge in [0.25, 0.3) is 5.91 Å². The number of fused-ring (bicyclic) bond motifs is 1. The topological polar surface area (TPSA) is 49.4 Å². The van der Waals surface area contributed by atoms with Gasteiger partial charge in [-0.1, -0.05) is 88.7 Å². The van der Waals surface area contributed by atoms with Crippen LogP contribution in [0.5, 0.6) is 0 Å².